The SMILES string of the molecule is CCC(=O)Nc1cc(NCC(=O)Nc2ccc(OCC(C)C)cc2)ccc1C. The van der Waals surface area contributed by atoms with E-state index in [1.165, 1.54) is 0 Å². The third-order valence-electron chi connectivity index (χ3n) is 4.01. The Kier molecular flexibility index (Phi) is 7.87. The highest BCUT2D eigenvalue weighted by molar-refractivity contribution is 5.94. The molecular formula is C22H29N3O3. The molecule has 0 atom stereocenters. The molecular weight excluding hydrogens is 354 g/mol. The van der Waals surface area contributed by atoms with Crippen LogP contribution in [0.15, 0.2) is 42.5 Å². The number of amides is 2. The second kappa shape index (κ2) is 10.3. The Hall–Kier alpha value is -3.02. The van der Waals surface area contributed by atoms with Crippen LogP contribution < -0.4 is 20.7 Å². The molecule has 2 aromatic rings. The average Bonchev–Trinajstić information content (AvgIpc) is 2.67. The maximum Gasteiger partial charge on any atom is 0.243 e. The predicted octanol–water partition coefficient (Wildman–Crippen LogP) is 4.43. The molecule has 0 saturated heterocycles. The number of nitrogens with one attached hydrogen (secondary N) is 3. The quantitative estimate of drug-likeness (QED) is 0.598. The predicted molar refractivity (Wildman–Crippen MR) is 114 cm³/mol. The molecule has 0 bridgehead atoms. The molecule has 0 aliphatic heterocycles. The van der Waals surface area contributed by atoms with E-state index >= 15 is 0 Å². The van der Waals surface area contributed by atoms with Gasteiger partial charge >= 0.3 is 0 Å². The lowest BCUT2D eigenvalue weighted by molar-refractivity contribution is -0.116. The highest BCUT2D eigenvalue weighted by Gasteiger charge is 2.06. The number of aryl methyl sites for hydroxylation is 1. The maximum atomic E-state index is 12.2. The largest absolute Gasteiger partial charge is 0.493 e. The molecule has 2 rings (SSSR count). The molecule has 6 heteroatoms. The van der Waals surface area contributed by atoms with Crippen LogP contribution in [0.1, 0.15) is 32.8 Å². The minimum absolute atomic E-state index is 0.0428. The number of carbonyl (C=O) groups excluding carboxylic acids is 2. The lowest BCUT2D eigenvalue weighted by Crippen LogP contribution is -2.21. The maximum absolute atomic E-state index is 12.2. The summed E-state index contributed by atoms with van der Waals surface area (Å²) in [7, 11) is 0. The van der Waals surface area contributed by atoms with E-state index in [-0.39, 0.29) is 18.4 Å². The molecule has 0 spiro atoms. The van der Waals surface area contributed by atoms with E-state index in [4.69, 9.17) is 4.74 Å². The Morgan fingerprint density at radius 1 is 0.964 bits per heavy atom. The zero-order valence-electron chi connectivity index (χ0n) is 17.0. The smallest absolute Gasteiger partial charge is 0.243 e. The first-order valence-electron chi connectivity index (χ1n) is 9.54. The lowest BCUT2D eigenvalue weighted by atomic mass is 10.1. The van der Waals surface area contributed by atoms with Gasteiger partial charge in [0.25, 0.3) is 0 Å². The van der Waals surface area contributed by atoms with Crippen molar-refractivity contribution < 1.29 is 14.3 Å². The van der Waals surface area contributed by atoms with Crippen LogP contribution in [0.3, 0.4) is 0 Å². The van der Waals surface area contributed by atoms with Gasteiger partial charge in [0.05, 0.1) is 13.2 Å². The zero-order chi connectivity index (χ0) is 20.5. The van der Waals surface area contributed by atoms with Gasteiger partial charge < -0.3 is 20.7 Å². The second-order valence-corrected chi connectivity index (χ2v) is 7.06. The Labute approximate surface area is 166 Å². The van der Waals surface area contributed by atoms with Crippen molar-refractivity contribution in [2.45, 2.75) is 34.1 Å². The highest BCUT2D eigenvalue weighted by Crippen LogP contribution is 2.21. The number of benzene rings is 2. The van der Waals surface area contributed by atoms with E-state index in [1.807, 2.05) is 49.4 Å². The molecule has 0 saturated carbocycles. The Balaban J connectivity index is 1.87. The fourth-order valence-corrected chi connectivity index (χ4v) is 2.39. The van der Waals surface area contributed by atoms with E-state index in [1.54, 1.807) is 6.92 Å². The van der Waals surface area contributed by atoms with Crippen LogP contribution in [0.2, 0.25) is 0 Å². The molecule has 6 nitrogen and oxygen atoms in total. The van der Waals surface area contributed by atoms with Crippen molar-refractivity contribution in [1.82, 2.24) is 0 Å². The minimum Gasteiger partial charge on any atom is -0.493 e. The number of hydrogen-bond acceptors (Lipinski definition) is 4. The van der Waals surface area contributed by atoms with Gasteiger partial charge in [-0.3, -0.25) is 9.59 Å². The van der Waals surface area contributed by atoms with Crippen molar-refractivity contribution in [1.29, 1.82) is 0 Å². The van der Waals surface area contributed by atoms with Crippen LogP contribution in [0.4, 0.5) is 17.1 Å². The molecule has 0 radical (unpaired) electrons. The monoisotopic (exact) mass is 383 g/mol. The fraction of sp³-hybridized carbons (Fsp3) is 0.364. The summed E-state index contributed by atoms with van der Waals surface area (Å²) in [5.74, 6) is 1.04. The minimum atomic E-state index is -0.157. The molecule has 0 fully saturated rings. The van der Waals surface area contributed by atoms with Crippen molar-refractivity contribution in [3.05, 3.63) is 48.0 Å². The van der Waals surface area contributed by atoms with Gasteiger partial charge in [0, 0.05) is 23.5 Å². The molecule has 0 heterocycles. The Morgan fingerprint density at radius 3 is 2.29 bits per heavy atom. The summed E-state index contributed by atoms with van der Waals surface area (Å²) in [5.41, 5.74) is 3.19. The Bertz CT molecular complexity index is 801. The van der Waals surface area contributed by atoms with Crippen LogP contribution in [-0.2, 0) is 9.59 Å². The van der Waals surface area contributed by atoms with Crippen LogP contribution in [-0.4, -0.2) is 25.0 Å². The molecule has 0 aliphatic carbocycles. The highest BCUT2D eigenvalue weighted by atomic mass is 16.5. The van der Waals surface area contributed by atoms with Crippen molar-refractivity contribution in [2.75, 3.05) is 29.1 Å². The lowest BCUT2D eigenvalue weighted by Gasteiger charge is -2.12. The first-order chi connectivity index (χ1) is 13.4. The van der Waals surface area contributed by atoms with Gasteiger partial charge in [-0.1, -0.05) is 26.8 Å². The van der Waals surface area contributed by atoms with Crippen LogP contribution in [0, 0.1) is 12.8 Å². The molecule has 2 amide bonds. The summed E-state index contributed by atoms with van der Waals surface area (Å²) in [6, 6.07) is 12.9. The van der Waals surface area contributed by atoms with E-state index < -0.39 is 0 Å². The summed E-state index contributed by atoms with van der Waals surface area (Å²) in [6.45, 7) is 8.70. The molecule has 28 heavy (non-hydrogen) atoms. The first kappa shape index (κ1) is 21.3. The molecule has 0 unspecified atom stereocenters. The average molecular weight is 383 g/mol. The number of carbonyl (C=O) groups is 2. The zero-order valence-corrected chi connectivity index (χ0v) is 17.0. The third-order valence-corrected chi connectivity index (χ3v) is 4.01. The van der Waals surface area contributed by atoms with Crippen molar-refractivity contribution in [3.8, 4) is 5.75 Å². The molecule has 3 N–H and O–H groups in total. The normalized spacial score (nSPS) is 10.5. The molecule has 0 aliphatic rings. The molecule has 2 aromatic carbocycles. The summed E-state index contributed by atoms with van der Waals surface area (Å²) in [5, 5.41) is 8.78. The fourth-order valence-electron chi connectivity index (χ4n) is 2.39. The molecule has 0 aromatic heterocycles. The van der Waals surface area contributed by atoms with Gasteiger partial charge in [-0.05, 0) is 54.8 Å². The van der Waals surface area contributed by atoms with Gasteiger partial charge in [-0.25, -0.2) is 0 Å². The topological polar surface area (TPSA) is 79.5 Å². The number of rotatable bonds is 9. The van der Waals surface area contributed by atoms with E-state index in [0.717, 1.165) is 22.7 Å². The van der Waals surface area contributed by atoms with Crippen LogP contribution in [0.25, 0.3) is 0 Å². The van der Waals surface area contributed by atoms with Crippen LogP contribution >= 0.6 is 0 Å². The molecule has 150 valence electrons. The summed E-state index contributed by atoms with van der Waals surface area (Å²) in [4.78, 5) is 23.8. The first-order valence-corrected chi connectivity index (χ1v) is 9.54. The number of anilines is 3. The van der Waals surface area contributed by atoms with Crippen molar-refractivity contribution in [2.24, 2.45) is 5.92 Å². The second-order valence-electron chi connectivity index (χ2n) is 7.06. The van der Waals surface area contributed by atoms with Gasteiger partial charge in [0.15, 0.2) is 0 Å². The van der Waals surface area contributed by atoms with Crippen molar-refractivity contribution in [3.63, 3.8) is 0 Å². The number of ether oxygens (including phenoxy) is 1. The third kappa shape index (κ3) is 6.95. The van der Waals surface area contributed by atoms with Gasteiger partial charge in [-0.15, -0.1) is 0 Å². The van der Waals surface area contributed by atoms with Gasteiger partial charge in [-0.2, -0.15) is 0 Å². The van der Waals surface area contributed by atoms with Gasteiger partial charge in [0.2, 0.25) is 11.8 Å². The summed E-state index contributed by atoms with van der Waals surface area (Å²) < 4.78 is 5.63. The summed E-state index contributed by atoms with van der Waals surface area (Å²) in [6.07, 6.45) is 0.417. The van der Waals surface area contributed by atoms with E-state index in [2.05, 4.69) is 29.8 Å². The van der Waals surface area contributed by atoms with Gasteiger partial charge in [0.1, 0.15) is 5.75 Å². The standard InChI is InChI=1S/C22H29N3O3/c1-5-21(26)25-20-12-18(7-6-16(20)4)23-13-22(27)24-17-8-10-19(11-9-17)28-14-15(2)3/h6-12,15,23H,5,13-14H2,1-4H3,(H,24,27)(H,25,26). The van der Waals surface area contributed by atoms with Crippen LogP contribution in [0.5, 0.6) is 5.75 Å². The van der Waals surface area contributed by atoms with E-state index in [9.17, 15) is 9.59 Å². The Morgan fingerprint density at radius 2 is 1.64 bits per heavy atom. The number of hydrogen-bond donors (Lipinski definition) is 3. The van der Waals surface area contributed by atoms with E-state index in [0.29, 0.717) is 24.6 Å². The van der Waals surface area contributed by atoms with Crippen molar-refractivity contribution >= 4 is 28.9 Å². The summed E-state index contributed by atoms with van der Waals surface area (Å²) >= 11 is 0.